The number of rotatable bonds is 2. The molecule has 2 aromatic rings. The zero-order valence-corrected chi connectivity index (χ0v) is 17.5. The molecule has 4 heteroatoms. The second-order valence-corrected chi connectivity index (χ2v) is 7.90. The molecule has 4 nitrogen and oxygen atoms in total. The van der Waals surface area contributed by atoms with Crippen molar-refractivity contribution in [1.29, 1.82) is 0 Å². The molecule has 0 spiro atoms. The number of anilines is 1. The summed E-state index contributed by atoms with van der Waals surface area (Å²) in [5.74, 6) is 0.213. The fourth-order valence-corrected chi connectivity index (χ4v) is 4.01. The maximum Gasteiger partial charge on any atom is 0.227 e. The molecule has 3 rings (SSSR count). The lowest BCUT2D eigenvalue weighted by Crippen LogP contribution is -2.35. The van der Waals surface area contributed by atoms with E-state index in [-0.39, 0.29) is 11.8 Å². The highest BCUT2D eigenvalue weighted by Gasteiger charge is 2.20. The molecule has 0 aromatic heterocycles. The number of benzene rings is 2. The Balaban J connectivity index is 1.85. The molecule has 0 atom stereocenters. The van der Waals surface area contributed by atoms with E-state index in [0.717, 1.165) is 55.6 Å². The molecule has 2 aromatic carbocycles. The van der Waals surface area contributed by atoms with Crippen LogP contribution in [0.25, 0.3) is 0 Å². The minimum absolute atomic E-state index is 0.0643. The Morgan fingerprint density at radius 3 is 2.14 bits per heavy atom. The molecule has 0 saturated heterocycles. The average Bonchev–Trinajstić information content (AvgIpc) is 2.74. The van der Waals surface area contributed by atoms with Crippen LogP contribution in [0.5, 0.6) is 0 Å². The van der Waals surface area contributed by atoms with Crippen molar-refractivity contribution in [2.75, 3.05) is 18.0 Å². The molecule has 0 saturated carbocycles. The van der Waals surface area contributed by atoms with Crippen molar-refractivity contribution in [1.82, 2.24) is 4.90 Å². The predicted octanol–water partition coefficient (Wildman–Crippen LogP) is 4.97. The normalized spacial score (nSPS) is 16.2. The highest BCUT2D eigenvalue weighted by atomic mass is 16.2. The summed E-state index contributed by atoms with van der Waals surface area (Å²) >= 11 is 0. The van der Waals surface area contributed by atoms with Crippen LogP contribution < -0.4 is 4.90 Å². The second kappa shape index (κ2) is 10.8. The Kier molecular flexibility index (Phi) is 7.85. The summed E-state index contributed by atoms with van der Waals surface area (Å²) in [6.45, 7) is 3.68. The summed E-state index contributed by atoms with van der Waals surface area (Å²) in [6.07, 6.45) is 7.12. The molecule has 0 unspecified atom stereocenters. The summed E-state index contributed by atoms with van der Waals surface area (Å²) in [5, 5.41) is 0. The third-order valence-electron chi connectivity index (χ3n) is 5.63. The van der Waals surface area contributed by atoms with Crippen molar-refractivity contribution >= 4 is 17.5 Å². The van der Waals surface area contributed by atoms with Gasteiger partial charge in [0.1, 0.15) is 0 Å². The van der Waals surface area contributed by atoms with Crippen LogP contribution in [0.4, 0.5) is 5.69 Å². The zero-order chi connectivity index (χ0) is 20.5. The SMILES string of the molecule is CC(=O)N1CCCCCCCCN(C(=O)Cc2ccccc2)Cc2ccccc21. The first-order valence-electron chi connectivity index (χ1n) is 10.8. The zero-order valence-electron chi connectivity index (χ0n) is 17.5. The molecule has 0 aliphatic carbocycles. The molecule has 29 heavy (non-hydrogen) atoms. The monoisotopic (exact) mass is 392 g/mol. The fraction of sp³-hybridized carbons (Fsp3) is 0.440. The lowest BCUT2D eigenvalue weighted by molar-refractivity contribution is -0.131. The molecule has 1 heterocycles. The maximum atomic E-state index is 13.1. The van der Waals surface area contributed by atoms with Gasteiger partial charge in [-0.3, -0.25) is 9.59 Å². The van der Waals surface area contributed by atoms with Crippen LogP contribution >= 0.6 is 0 Å². The van der Waals surface area contributed by atoms with Crippen molar-refractivity contribution in [3.05, 3.63) is 65.7 Å². The van der Waals surface area contributed by atoms with E-state index in [4.69, 9.17) is 0 Å². The van der Waals surface area contributed by atoms with Crippen LogP contribution in [-0.2, 0) is 22.6 Å². The first-order chi connectivity index (χ1) is 14.1. The van der Waals surface area contributed by atoms with Gasteiger partial charge in [0.25, 0.3) is 0 Å². The highest BCUT2D eigenvalue weighted by Crippen LogP contribution is 2.24. The molecule has 0 bridgehead atoms. The summed E-state index contributed by atoms with van der Waals surface area (Å²) in [6, 6.07) is 18.0. The van der Waals surface area contributed by atoms with E-state index < -0.39 is 0 Å². The van der Waals surface area contributed by atoms with E-state index in [2.05, 4.69) is 0 Å². The van der Waals surface area contributed by atoms with Crippen LogP contribution in [0.3, 0.4) is 0 Å². The van der Waals surface area contributed by atoms with Gasteiger partial charge in [-0.15, -0.1) is 0 Å². The quantitative estimate of drug-likeness (QED) is 0.724. The molecule has 0 fully saturated rings. The van der Waals surface area contributed by atoms with Gasteiger partial charge >= 0.3 is 0 Å². The molecule has 0 radical (unpaired) electrons. The van der Waals surface area contributed by atoms with Crippen molar-refractivity contribution in [2.24, 2.45) is 0 Å². The lowest BCUT2D eigenvalue weighted by Gasteiger charge is -2.28. The Morgan fingerprint density at radius 1 is 0.793 bits per heavy atom. The standard InChI is InChI=1S/C25H32N2O2/c1-21(28)27-18-12-5-3-2-4-11-17-26(20-23-15-9-10-16-24(23)27)25(29)19-22-13-7-6-8-14-22/h6-10,13-16H,2-5,11-12,17-20H2,1H3. The fourth-order valence-electron chi connectivity index (χ4n) is 4.01. The minimum Gasteiger partial charge on any atom is -0.338 e. The predicted molar refractivity (Wildman–Crippen MR) is 118 cm³/mol. The van der Waals surface area contributed by atoms with Crippen LogP contribution in [-0.4, -0.2) is 29.8 Å². The molecule has 0 N–H and O–H groups in total. The van der Waals surface area contributed by atoms with Gasteiger partial charge in [0.2, 0.25) is 11.8 Å². The highest BCUT2D eigenvalue weighted by molar-refractivity contribution is 5.92. The average molecular weight is 393 g/mol. The van der Waals surface area contributed by atoms with Crippen molar-refractivity contribution < 1.29 is 9.59 Å². The number of carbonyl (C=O) groups is 2. The van der Waals surface area contributed by atoms with Crippen molar-refractivity contribution in [3.8, 4) is 0 Å². The Labute approximate surface area is 174 Å². The number of amides is 2. The van der Waals surface area contributed by atoms with Crippen LogP contribution in [0, 0.1) is 0 Å². The first-order valence-corrected chi connectivity index (χ1v) is 10.8. The summed E-state index contributed by atoms with van der Waals surface area (Å²) in [4.78, 5) is 29.3. The van der Waals surface area contributed by atoms with Gasteiger partial charge in [-0.25, -0.2) is 0 Å². The first kappa shape index (κ1) is 21.1. The number of hydrogen-bond acceptors (Lipinski definition) is 2. The second-order valence-electron chi connectivity index (χ2n) is 7.90. The topological polar surface area (TPSA) is 40.6 Å². The van der Waals surface area contributed by atoms with Gasteiger partial charge in [0.05, 0.1) is 6.42 Å². The maximum absolute atomic E-state index is 13.1. The van der Waals surface area contributed by atoms with E-state index in [1.807, 2.05) is 64.4 Å². The van der Waals surface area contributed by atoms with E-state index in [9.17, 15) is 9.59 Å². The lowest BCUT2D eigenvalue weighted by atomic mass is 10.1. The molecule has 154 valence electrons. The van der Waals surface area contributed by atoms with E-state index >= 15 is 0 Å². The van der Waals surface area contributed by atoms with Crippen LogP contribution in [0.2, 0.25) is 0 Å². The molecule has 2 amide bonds. The molecule has 1 aliphatic rings. The number of hydrogen-bond donors (Lipinski definition) is 0. The Hall–Kier alpha value is -2.62. The van der Waals surface area contributed by atoms with E-state index in [0.29, 0.717) is 13.0 Å². The summed E-state index contributed by atoms with van der Waals surface area (Å²) in [5.41, 5.74) is 3.03. The molecular formula is C25H32N2O2. The largest absolute Gasteiger partial charge is 0.338 e. The van der Waals surface area contributed by atoms with E-state index in [1.54, 1.807) is 6.92 Å². The Bertz CT molecular complexity index is 803. The summed E-state index contributed by atoms with van der Waals surface area (Å²) in [7, 11) is 0. The van der Waals surface area contributed by atoms with Gasteiger partial charge in [0, 0.05) is 32.2 Å². The summed E-state index contributed by atoms with van der Waals surface area (Å²) < 4.78 is 0. The third-order valence-corrected chi connectivity index (χ3v) is 5.63. The van der Waals surface area contributed by atoms with Gasteiger partial charge in [-0.05, 0) is 30.0 Å². The van der Waals surface area contributed by atoms with E-state index in [1.165, 1.54) is 12.8 Å². The van der Waals surface area contributed by atoms with Gasteiger partial charge in [0.15, 0.2) is 0 Å². The van der Waals surface area contributed by atoms with Crippen LogP contribution in [0.1, 0.15) is 56.6 Å². The molecule has 1 aliphatic heterocycles. The number of fused-ring (bicyclic) bond motifs is 1. The number of nitrogens with zero attached hydrogens (tertiary/aromatic N) is 2. The minimum atomic E-state index is 0.0643. The number of para-hydroxylation sites is 1. The molecular weight excluding hydrogens is 360 g/mol. The van der Waals surface area contributed by atoms with Gasteiger partial charge in [-0.2, -0.15) is 0 Å². The smallest absolute Gasteiger partial charge is 0.227 e. The Morgan fingerprint density at radius 2 is 1.41 bits per heavy atom. The van der Waals surface area contributed by atoms with Gasteiger partial charge < -0.3 is 9.80 Å². The third kappa shape index (κ3) is 6.18. The van der Waals surface area contributed by atoms with Crippen LogP contribution in [0.15, 0.2) is 54.6 Å². The number of carbonyl (C=O) groups excluding carboxylic acids is 2. The van der Waals surface area contributed by atoms with Crippen molar-refractivity contribution in [3.63, 3.8) is 0 Å². The van der Waals surface area contributed by atoms with Gasteiger partial charge in [-0.1, -0.05) is 74.2 Å². The van der Waals surface area contributed by atoms with Crippen molar-refractivity contribution in [2.45, 2.75) is 58.4 Å².